The third-order valence-electron chi connectivity index (χ3n) is 5.78. The zero-order valence-corrected chi connectivity index (χ0v) is 17.3. The first kappa shape index (κ1) is 19.9. The number of aromatic amines is 1. The Balaban J connectivity index is 1.54. The summed E-state index contributed by atoms with van der Waals surface area (Å²) in [6.45, 7) is 2.34. The quantitative estimate of drug-likeness (QED) is 0.803. The van der Waals surface area contributed by atoms with E-state index in [2.05, 4.69) is 10.2 Å². The Morgan fingerprint density at radius 3 is 2.55 bits per heavy atom. The number of benzene rings is 1. The van der Waals surface area contributed by atoms with Crippen LogP contribution in [0.25, 0.3) is 0 Å². The van der Waals surface area contributed by atoms with Gasteiger partial charge in [-0.3, -0.25) is 9.89 Å². The Hall–Kier alpha value is -2.39. The van der Waals surface area contributed by atoms with Crippen molar-refractivity contribution in [2.45, 2.75) is 36.5 Å². The van der Waals surface area contributed by atoms with Crippen LogP contribution in [0.1, 0.15) is 47.7 Å². The number of hydrogen-bond acceptors (Lipinski definition) is 5. The summed E-state index contributed by atoms with van der Waals surface area (Å²) >= 11 is 0. The summed E-state index contributed by atoms with van der Waals surface area (Å²) < 4.78 is 32.9. The highest BCUT2D eigenvalue weighted by Crippen LogP contribution is 2.32. The molecular formula is C20H26N4O4S. The molecule has 1 amide bonds. The number of H-pyrrole nitrogens is 1. The molecule has 2 aliphatic heterocycles. The molecule has 8 nitrogen and oxygen atoms in total. The SMILES string of the molecule is COc1ccc(S(=O)(=O)N2CCC[C@@H](c3[nH]ncc3C(=O)N3CCCC3)C2)cc1. The van der Waals surface area contributed by atoms with E-state index in [1.54, 1.807) is 37.6 Å². The molecule has 9 heteroatoms. The first-order chi connectivity index (χ1) is 14.0. The van der Waals surface area contributed by atoms with E-state index in [0.29, 0.717) is 24.4 Å². The Morgan fingerprint density at radius 2 is 1.86 bits per heavy atom. The topological polar surface area (TPSA) is 95.6 Å². The van der Waals surface area contributed by atoms with Crippen molar-refractivity contribution in [2.75, 3.05) is 33.3 Å². The zero-order valence-electron chi connectivity index (χ0n) is 16.5. The number of carbonyl (C=O) groups is 1. The zero-order chi connectivity index (χ0) is 20.4. The molecule has 3 heterocycles. The molecule has 2 aliphatic rings. The number of nitrogens with zero attached hydrogens (tertiary/aromatic N) is 3. The van der Waals surface area contributed by atoms with Crippen molar-refractivity contribution in [2.24, 2.45) is 0 Å². The van der Waals surface area contributed by atoms with E-state index in [1.807, 2.05) is 4.90 Å². The fourth-order valence-corrected chi connectivity index (χ4v) is 5.69. The first-order valence-corrected chi connectivity index (χ1v) is 11.4. The second kappa shape index (κ2) is 8.16. The Morgan fingerprint density at radius 1 is 1.14 bits per heavy atom. The van der Waals surface area contributed by atoms with Crippen molar-refractivity contribution in [1.82, 2.24) is 19.4 Å². The minimum absolute atomic E-state index is 0.0126. The van der Waals surface area contributed by atoms with Gasteiger partial charge in [0.15, 0.2) is 0 Å². The average molecular weight is 419 g/mol. The third kappa shape index (κ3) is 3.89. The van der Waals surface area contributed by atoms with Gasteiger partial charge in [-0.2, -0.15) is 9.40 Å². The lowest BCUT2D eigenvalue weighted by atomic mass is 9.93. The van der Waals surface area contributed by atoms with Gasteiger partial charge in [0.1, 0.15) is 5.75 Å². The fraction of sp³-hybridized carbons (Fsp3) is 0.500. The number of carbonyl (C=O) groups excluding carboxylic acids is 1. The lowest BCUT2D eigenvalue weighted by Crippen LogP contribution is -2.39. The minimum atomic E-state index is -3.61. The van der Waals surface area contributed by atoms with Gasteiger partial charge in [0.05, 0.1) is 29.5 Å². The highest BCUT2D eigenvalue weighted by atomic mass is 32.2. The lowest BCUT2D eigenvalue weighted by molar-refractivity contribution is 0.0791. The van der Waals surface area contributed by atoms with Gasteiger partial charge >= 0.3 is 0 Å². The highest BCUT2D eigenvalue weighted by molar-refractivity contribution is 7.89. The number of sulfonamides is 1. The van der Waals surface area contributed by atoms with Crippen LogP contribution < -0.4 is 4.74 Å². The Kier molecular flexibility index (Phi) is 5.60. The monoisotopic (exact) mass is 418 g/mol. The third-order valence-corrected chi connectivity index (χ3v) is 7.66. The molecule has 2 saturated heterocycles. The summed E-state index contributed by atoms with van der Waals surface area (Å²) in [5.74, 6) is 0.519. The van der Waals surface area contributed by atoms with Crippen LogP contribution >= 0.6 is 0 Å². The number of hydrogen-bond donors (Lipinski definition) is 1. The summed E-state index contributed by atoms with van der Waals surface area (Å²) in [5, 5.41) is 7.07. The van der Waals surface area contributed by atoms with Crippen molar-refractivity contribution in [3.63, 3.8) is 0 Å². The lowest BCUT2D eigenvalue weighted by Gasteiger charge is -2.32. The van der Waals surface area contributed by atoms with Gasteiger partial charge in [-0.25, -0.2) is 8.42 Å². The summed E-state index contributed by atoms with van der Waals surface area (Å²) in [4.78, 5) is 15.0. The van der Waals surface area contributed by atoms with Gasteiger partial charge in [-0.15, -0.1) is 0 Å². The second-order valence-electron chi connectivity index (χ2n) is 7.57. The van der Waals surface area contributed by atoms with E-state index >= 15 is 0 Å². The van der Waals surface area contributed by atoms with E-state index in [-0.39, 0.29) is 16.7 Å². The van der Waals surface area contributed by atoms with E-state index in [1.165, 1.54) is 4.31 Å². The number of amides is 1. The van der Waals surface area contributed by atoms with E-state index < -0.39 is 10.0 Å². The molecule has 0 spiro atoms. The van der Waals surface area contributed by atoms with Gasteiger partial charge in [0, 0.05) is 32.1 Å². The number of methoxy groups -OCH3 is 1. The van der Waals surface area contributed by atoms with Crippen LogP contribution in [0, 0.1) is 0 Å². The van der Waals surface area contributed by atoms with Crippen LogP contribution in [0.2, 0.25) is 0 Å². The molecule has 2 aromatic rings. The van der Waals surface area contributed by atoms with Crippen LogP contribution in [0.15, 0.2) is 35.4 Å². The largest absolute Gasteiger partial charge is 0.497 e. The summed E-state index contributed by atoms with van der Waals surface area (Å²) in [6.07, 6.45) is 5.17. The molecule has 0 aliphatic carbocycles. The number of aromatic nitrogens is 2. The molecule has 0 unspecified atom stereocenters. The maximum absolute atomic E-state index is 13.1. The number of likely N-dealkylation sites (tertiary alicyclic amines) is 1. The smallest absolute Gasteiger partial charge is 0.257 e. The summed E-state index contributed by atoms with van der Waals surface area (Å²) in [7, 11) is -2.07. The van der Waals surface area contributed by atoms with Gasteiger partial charge in [0.2, 0.25) is 10.0 Å². The Labute approximate surface area is 170 Å². The van der Waals surface area contributed by atoms with Gasteiger partial charge < -0.3 is 9.64 Å². The van der Waals surface area contributed by atoms with Crippen LogP contribution in [0.4, 0.5) is 0 Å². The van der Waals surface area contributed by atoms with Crippen LogP contribution in [-0.4, -0.2) is 67.0 Å². The molecule has 1 aromatic carbocycles. The summed E-state index contributed by atoms with van der Waals surface area (Å²) in [5.41, 5.74) is 1.32. The van der Waals surface area contributed by atoms with Gasteiger partial charge in [0.25, 0.3) is 5.91 Å². The molecule has 0 radical (unpaired) electrons. The van der Waals surface area contributed by atoms with E-state index in [9.17, 15) is 13.2 Å². The molecule has 29 heavy (non-hydrogen) atoms. The molecule has 1 aromatic heterocycles. The number of nitrogens with one attached hydrogen (secondary N) is 1. The number of ether oxygens (including phenoxy) is 1. The highest BCUT2D eigenvalue weighted by Gasteiger charge is 2.34. The standard InChI is InChI=1S/C20H26N4O4S/c1-28-16-6-8-17(9-7-16)29(26,27)24-12-4-5-15(14-24)19-18(13-21-22-19)20(25)23-10-2-3-11-23/h6-9,13,15H,2-5,10-12,14H2,1H3,(H,21,22)/t15-/m1/s1. The van der Waals surface area contributed by atoms with Crippen LogP contribution in [0.5, 0.6) is 5.75 Å². The van der Waals surface area contributed by atoms with Crippen molar-refractivity contribution < 1.29 is 17.9 Å². The van der Waals surface area contributed by atoms with Gasteiger partial charge in [-0.05, 0) is 49.9 Å². The fourth-order valence-electron chi connectivity index (χ4n) is 4.16. The maximum Gasteiger partial charge on any atom is 0.257 e. The number of piperidine rings is 1. The molecule has 0 saturated carbocycles. The maximum atomic E-state index is 13.1. The predicted molar refractivity (Wildman–Crippen MR) is 107 cm³/mol. The Bertz CT molecular complexity index is 965. The normalized spacial score (nSPS) is 20.7. The molecule has 2 fully saturated rings. The molecule has 156 valence electrons. The summed E-state index contributed by atoms with van der Waals surface area (Å²) in [6, 6.07) is 6.43. The molecule has 4 rings (SSSR count). The molecular weight excluding hydrogens is 392 g/mol. The predicted octanol–water partition coefficient (Wildman–Crippen LogP) is 2.22. The van der Waals surface area contributed by atoms with Crippen LogP contribution in [-0.2, 0) is 10.0 Å². The first-order valence-electron chi connectivity index (χ1n) is 9.97. The van der Waals surface area contributed by atoms with E-state index in [4.69, 9.17) is 4.74 Å². The minimum Gasteiger partial charge on any atom is -0.497 e. The molecule has 1 atom stereocenters. The van der Waals surface area contributed by atoms with Gasteiger partial charge in [-0.1, -0.05) is 0 Å². The number of rotatable bonds is 5. The van der Waals surface area contributed by atoms with Crippen molar-refractivity contribution in [3.05, 3.63) is 41.7 Å². The molecule has 1 N–H and O–H groups in total. The van der Waals surface area contributed by atoms with E-state index in [0.717, 1.165) is 44.5 Å². The molecule has 0 bridgehead atoms. The second-order valence-corrected chi connectivity index (χ2v) is 9.51. The van der Waals surface area contributed by atoms with Crippen molar-refractivity contribution in [1.29, 1.82) is 0 Å². The van der Waals surface area contributed by atoms with Crippen LogP contribution in [0.3, 0.4) is 0 Å². The van der Waals surface area contributed by atoms with Crippen molar-refractivity contribution in [3.8, 4) is 5.75 Å². The average Bonchev–Trinajstić information content (AvgIpc) is 3.45. The van der Waals surface area contributed by atoms with Crippen molar-refractivity contribution >= 4 is 15.9 Å².